The Morgan fingerprint density at radius 2 is 2.00 bits per heavy atom. The quantitative estimate of drug-likeness (QED) is 0.894. The van der Waals surface area contributed by atoms with Gasteiger partial charge < -0.3 is 10.6 Å². The van der Waals surface area contributed by atoms with Gasteiger partial charge in [0.1, 0.15) is 0 Å². The largest absolute Gasteiger partial charge is 0.328 e. The first-order valence-electron chi connectivity index (χ1n) is 8.92. The van der Waals surface area contributed by atoms with Crippen molar-refractivity contribution in [2.75, 3.05) is 25.0 Å². The molecule has 0 spiro atoms. The lowest BCUT2D eigenvalue weighted by Crippen LogP contribution is -2.45. The molecule has 0 radical (unpaired) electrons. The van der Waals surface area contributed by atoms with Crippen LogP contribution in [0.1, 0.15) is 30.1 Å². The third-order valence-corrected chi connectivity index (χ3v) is 7.58. The third-order valence-electron chi connectivity index (χ3n) is 5.66. The van der Waals surface area contributed by atoms with Crippen molar-refractivity contribution in [2.24, 2.45) is 11.7 Å². The zero-order valence-electron chi connectivity index (χ0n) is 15.0. The van der Waals surface area contributed by atoms with E-state index in [9.17, 15) is 13.2 Å². The Hall–Kier alpha value is -1.96. The number of carbonyl (C=O) groups excluding carboxylic acids is 1. The van der Waals surface area contributed by atoms with Crippen LogP contribution < -0.4 is 10.6 Å². The Bertz CT molecular complexity index is 1000. The van der Waals surface area contributed by atoms with E-state index in [-0.39, 0.29) is 22.8 Å². The Kier molecular flexibility index (Phi) is 4.06. The number of sulfonamides is 1. The Balaban J connectivity index is 1.84. The Morgan fingerprint density at radius 1 is 1.23 bits per heavy atom. The summed E-state index contributed by atoms with van der Waals surface area (Å²) in [6, 6.07) is 8.61. The van der Waals surface area contributed by atoms with E-state index in [0.29, 0.717) is 24.0 Å². The maximum absolute atomic E-state index is 13.4. The minimum absolute atomic E-state index is 0.0351. The van der Waals surface area contributed by atoms with Crippen LogP contribution in [-0.4, -0.2) is 44.8 Å². The van der Waals surface area contributed by atoms with Gasteiger partial charge in [0.05, 0.1) is 10.6 Å². The maximum atomic E-state index is 13.4. The standard InChI is InChI=1S/C19H23N3O3S/c1-12(20)13-5-4-10-22(11-13)26(24,25)17-9-8-16-18-14(17)6-3-7-15(18)19(23)21(16)2/h3,6-9,12-13H,4-5,10-11,20H2,1-2H3. The molecule has 2 unspecified atom stereocenters. The summed E-state index contributed by atoms with van der Waals surface area (Å²) >= 11 is 0. The molecule has 26 heavy (non-hydrogen) atoms. The smallest absolute Gasteiger partial charge is 0.258 e. The molecule has 2 atom stereocenters. The molecule has 2 N–H and O–H groups in total. The number of hydrogen-bond acceptors (Lipinski definition) is 4. The topological polar surface area (TPSA) is 83.7 Å². The second-order valence-corrected chi connectivity index (χ2v) is 9.21. The monoisotopic (exact) mass is 373 g/mol. The number of anilines is 1. The zero-order valence-corrected chi connectivity index (χ0v) is 15.8. The van der Waals surface area contributed by atoms with Gasteiger partial charge in [-0.05, 0) is 43.9 Å². The first-order valence-corrected chi connectivity index (χ1v) is 10.4. The number of amides is 1. The van der Waals surface area contributed by atoms with E-state index in [1.54, 1.807) is 46.6 Å². The summed E-state index contributed by atoms with van der Waals surface area (Å²) in [5.41, 5.74) is 7.33. The molecule has 1 fully saturated rings. The van der Waals surface area contributed by atoms with Gasteiger partial charge in [-0.2, -0.15) is 4.31 Å². The number of hydrogen-bond donors (Lipinski definition) is 1. The SMILES string of the molecule is CC(N)C1CCCN(S(=O)(=O)c2ccc3c4c(cccc24)C(=O)N3C)C1. The molecule has 0 aromatic heterocycles. The van der Waals surface area contributed by atoms with Crippen molar-refractivity contribution in [3.63, 3.8) is 0 Å². The number of carbonyl (C=O) groups is 1. The zero-order chi connectivity index (χ0) is 18.6. The summed E-state index contributed by atoms with van der Waals surface area (Å²) in [7, 11) is -1.94. The van der Waals surface area contributed by atoms with Crippen LogP contribution in [0.15, 0.2) is 35.2 Å². The number of nitrogens with two attached hydrogens (primary N) is 1. The van der Waals surface area contributed by atoms with Crippen molar-refractivity contribution < 1.29 is 13.2 Å². The maximum Gasteiger partial charge on any atom is 0.258 e. The fourth-order valence-electron chi connectivity index (χ4n) is 4.09. The molecule has 0 bridgehead atoms. The Labute approximate surface area is 153 Å². The van der Waals surface area contributed by atoms with Crippen molar-refractivity contribution in [3.05, 3.63) is 35.9 Å². The molecule has 2 aliphatic rings. The predicted molar refractivity (Wildman–Crippen MR) is 102 cm³/mol. The fraction of sp³-hybridized carbons (Fsp3) is 0.421. The van der Waals surface area contributed by atoms with Crippen molar-refractivity contribution in [1.29, 1.82) is 0 Å². The van der Waals surface area contributed by atoms with Crippen molar-refractivity contribution in [1.82, 2.24) is 4.31 Å². The van der Waals surface area contributed by atoms with E-state index < -0.39 is 10.0 Å². The lowest BCUT2D eigenvalue weighted by molar-refractivity contribution is 0.0999. The highest BCUT2D eigenvalue weighted by Gasteiger charge is 2.35. The second kappa shape index (κ2) is 6.04. The molecule has 7 heteroatoms. The summed E-state index contributed by atoms with van der Waals surface area (Å²) in [6.07, 6.45) is 1.76. The first kappa shape index (κ1) is 17.5. The van der Waals surface area contributed by atoms with Crippen LogP contribution in [0.25, 0.3) is 10.8 Å². The van der Waals surface area contributed by atoms with Crippen molar-refractivity contribution in [2.45, 2.75) is 30.7 Å². The van der Waals surface area contributed by atoms with Crippen LogP contribution in [0.2, 0.25) is 0 Å². The average molecular weight is 373 g/mol. The van der Waals surface area contributed by atoms with Gasteiger partial charge in [0.2, 0.25) is 10.0 Å². The molecule has 2 aromatic rings. The van der Waals surface area contributed by atoms with Gasteiger partial charge >= 0.3 is 0 Å². The van der Waals surface area contributed by atoms with Gasteiger partial charge in [-0.1, -0.05) is 12.1 Å². The highest BCUT2D eigenvalue weighted by Crippen LogP contribution is 2.40. The molecule has 6 nitrogen and oxygen atoms in total. The summed E-state index contributed by atoms with van der Waals surface area (Å²) in [6.45, 7) is 2.89. The normalized spacial score (nSPS) is 22.2. The molecule has 2 aliphatic heterocycles. The van der Waals surface area contributed by atoms with Gasteiger partial charge in [0.25, 0.3) is 5.91 Å². The van der Waals surface area contributed by atoms with E-state index in [2.05, 4.69) is 0 Å². The summed E-state index contributed by atoms with van der Waals surface area (Å²) in [5, 5.41) is 1.34. The van der Waals surface area contributed by atoms with Gasteiger partial charge in [-0.15, -0.1) is 0 Å². The predicted octanol–water partition coefficient (Wildman–Crippen LogP) is 2.18. The molecular weight excluding hydrogens is 350 g/mol. The van der Waals surface area contributed by atoms with E-state index >= 15 is 0 Å². The molecule has 1 amide bonds. The molecule has 1 saturated heterocycles. The highest BCUT2D eigenvalue weighted by atomic mass is 32.2. The first-order chi connectivity index (χ1) is 12.3. The minimum atomic E-state index is -3.65. The summed E-state index contributed by atoms with van der Waals surface area (Å²) in [5.74, 6) is 0.0677. The summed E-state index contributed by atoms with van der Waals surface area (Å²) in [4.78, 5) is 14.3. The second-order valence-electron chi connectivity index (χ2n) is 7.30. The number of benzene rings is 2. The minimum Gasteiger partial charge on any atom is -0.328 e. The van der Waals surface area contributed by atoms with E-state index in [4.69, 9.17) is 5.73 Å². The van der Waals surface area contributed by atoms with Gasteiger partial charge in [-0.3, -0.25) is 4.79 Å². The van der Waals surface area contributed by atoms with Crippen molar-refractivity contribution in [3.8, 4) is 0 Å². The molecular formula is C19H23N3O3S. The average Bonchev–Trinajstić information content (AvgIpc) is 2.89. The lowest BCUT2D eigenvalue weighted by Gasteiger charge is -2.34. The molecule has 2 aromatic carbocycles. The molecule has 138 valence electrons. The van der Waals surface area contributed by atoms with Crippen LogP contribution in [0.5, 0.6) is 0 Å². The molecule has 4 rings (SSSR count). The summed E-state index contributed by atoms with van der Waals surface area (Å²) < 4.78 is 28.3. The van der Waals surface area contributed by atoms with E-state index in [1.165, 1.54) is 0 Å². The van der Waals surface area contributed by atoms with Gasteiger partial charge in [-0.25, -0.2) is 8.42 Å². The van der Waals surface area contributed by atoms with E-state index in [0.717, 1.165) is 23.9 Å². The third kappa shape index (κ3) is 2.46. The molecule has 0 aliphatic carbocycles. The van der Waals surface area contributed by atoms with Crippen LogP contribution >= 0.6 is 0 Å². The van der Waals surface area contributed by atoms with Crippen LogP contribution in [0.3, 0.4) is 0 Å². The lowest BCUT2D eigenvalue weighted by atomic mass is 9.93. The van der Waals surface area contributed by atoms with Crippen LogP contribution in [0, 0.1) is 5.92 Å². The number of piperidine rings is 1. The number of nitrogens with zero attached hydrogens (tertiary/aromatic N) is 2. The van der Waals surface area contributed by atoms with E-state index in [1.807, 2.05) is 6.92 Å². The van der Waals surface area contributed by atoms with Gasteiger partial charge in [0.15, 0.2) is 0 Å². The van der Waals surface area contributed by atoms with Crippen LogP contribution in [0.4, 0.5) is 5.69 Å². The molecule has 2 heterocycles. The fourth-order valence-corrected chi connectivity index (χ4v) is 5.82. The number of rotatable bonds is 3. The van der Waals surface area contributed by atoms with Gasteiger partial charge in [0, 0.05) is 42.5 Å². The highest BCUT2D eigenvalue weighted by molar-refractivity contribution is 7.89. The Morgan fingerprint density at radius 3 is 2.73 bits per heavy atom. The van der Waals surface area contributed by atoms with Crippen molar-refractivity contribution >= 4 is 32.4 Å². The molecule has 0 saturated carbocycles. The van der Waals surface area contributed by atoms with Crippen LogP contribution in [-0.2, 0) is 10.0 Å².